The zero-order valence-corrected chi connectivity index (χ0v) is 20.0. The maximum absolute atomic E-state index is 13.7. The molecule has 1 saturated carbocycles. The Kier molecular flexibility index (Phi) is 6.98. The predicted octanol–water partition coefficient (Wildman–Crippen LogP) is 6.75. The molecule has 0 bridgehead atoms. The van der Waals surface area contributed by atoms with Gasteiger partial charge in [-0.05, 0) is 93.6 Å². The third-order valence-electron chi connectivity index (χ3n) is 7.11. The van der Waals surface area contributed by atoms with Crippen LogP contribution < -0.4 is 4.74 Å². The molecule has 0 spiro atoms. The summed E-state index contributed by atoms with van der Waals surface area (Å²) in [6.07, 6.45) is 9.68. The first-order valence-electron chi connectivity index (χ1n) is 12.4. The highest BCUT2D eigenvalue weighted by atomic mass is 32.1. The van der Waals surface area contributed by atoms with Crippen molar-refractivity contribution in [1.82, 2.24) is 4.90 Å². The first kappa shape index (κ1) is 22.4. The SMILES string of the molecule is O=C(c1ccc(OCCCN2CCCC2)cc1)c1c(C2CCCCC2)sc2cc(O)ccc12. The third-order valence-corrected chi connectivity index (χ3v) is 8.42. The zero-order chi connectivity index (χ0) is 22.6. The summed E-state index contributed by atoms with van der Waals surface area (Å²) >= 11 is 1.69. The molecule has 33 heavy (non-hydrogen) atoms. The molecule has 4 nitrogen and oxygen atoms in total. The first-order valence-corrected chi connectivity index (χ1v) is 13.3. The van der Waals surface area contributed by atoms with E-state index in [2.05, 4.69) is 4.90 Å². The summed E-state index contributed by atoms with van der Waals surface area (Å²) in [5.41, 5.74) is 1.53. The molecule has 0 amide bonds. The molecule has 2 heterocycles. The van der Waals surface area contributed by atoms with Gasteiger partial charge in [0.05, 0.1) is 6.61 Å². The number of benzene rings is 2. The number of carbonyl (C=O) groups excluding carboxylic acids is 1. The van der Waals surface area contributed by atoms with Crippen LogP contribution in [0.25, 0.3) is 10.1 Å². The number of ether oxygens (including phenoxy) is 1. The van der Waals surface area contributed by atoms with E-state index in [1.165, 1.54) is 50.1 Å². The molecule has 0 unspecified atom stereocenters. The van der Waals surface area contributed by atoms with Crippen LogP contribution in [0, 0.1) is 0 Å². The van der Waals surface area contributed by atoms with E-state index < -0.39 is 0 Å². The lowest BCUT2D eigenvalue weighted by Gasteiger charge is -2.21. The molecule has 3 aromatic rings. The second kappa shape index (κ2) is 10.3. The summed E-state index contributed by atoms with van der Waals surface area (Å²) in [7, 11) is 0. The van der Waals surface area contributed by atoms with E-state index >= 15 is 0 Å². The average Bonchev–Trinajstić information content (AvgIpc) is 3.50. The molecule has 1 aromatic heterocycles. The molecule has 1 aliphatic carbocycles. The van der Waals surface area contributed by atoms with E-state index in [1.807, 2.05) is 30.3 Å². The van der Waals surface area contributed by atoms with Gasteiger partial charge in [-0.25, -0.2) is 0 Å². The fraction of sp³-hybridized carbons (Fsp3) is 0.464. The highest BCUT2D eigenvalue weighted by Gasteiger charge is 2.27. The van der Waals surface area contributed by atoms with Crippen LogP contribution >= 0.6 is 11.3 Å². The average molecular weight is 464 g/mol. The molecule has 174 valence electrons. The lowest BCUT2D eigenvalue weighted by atomic mass is 9.85. The predicted molar refractivity (Wildman–Crippen MR) is 135 cm³/mol. The van der Waals surface area contributed by atoms with E-state index in [-0.39, 0.29) is 11.5 Å². The first-order chi connectivity index (χ1) is 16.2. The Bertz CT molecular complexity index is 1090. The van der Waals surface area contributed by atoms with Gasteiger partial charge in [-0.3, -0.25) is 4.79 Å². The van der Waals surface area contributed by atoms with E-state index in [0.717, 1.165) is 47.2 Å². The highest BCUT2D eigenvalue weighted by molar-refractivity contribution is 7.19. The Morgan fingerprint density at radius 2 is 1.76 bits per heavy atom. The third kappa shape index (κ3) is 5.10. The summed E-state index contributed by atoms with van der Waals surface area (Å²) in [6, 6.07) is 13.0. The van der Waals surface area contributed by atoms with Gasteiger partial charge >= 0.3 is 0 Å². The van der Waals surface area contributed by atoms with Crippen molar-refractivity contribution in [3.63, 3.8) is 0 Å². The van der Waals surface area contributed by atoms with Crippen molar-refractivity contribution in [1.29, 1.82) is 0 Å². The van der Waals surface area contributed by atoms with Crippen molar-refractivity contribution in [3.05, 3.63) is 58.5 Å². The van der Waals surface area contributed by atoms with Crippen LogP contribution in [0.15, 0.2) is 42.5 Å². The number of likely N-dealkylation sites (tertiary alicyclic amines) is 1. The largest absolute Gasteiger partial charge is 0.508 e. The fourth-order valence-electron chi connectivity index (χ4n) is 5.32. The number of fused-ring (bicyclic) bond motifs is 1. The number of thiophene rings is 1. The molecule has 1 N–H and O–H groups in total. The summed E-state index contributed by atoms with van der Waals surface area (Å²) in [5, 5.41) is 10.9. The monoisotopic (exact) mass is 463 g/mol. The maximum atomic E-state index is 13.7. The molecule has 5 heteroatoms. The Labute approximate surface area is 200 Å². The molecular formula is C28H33NO3S. The van der Waals surface area contributed by atoms with Gasteiger partial charge in [-0.15, -0.1) is 11.3 Å². The fourth-order valence-corrected chi connectivity index (χ4v) is 6.73. The van der Waals surface area contributed by atoms with E-state index in [1.54, 1.807) is 23.5 Å². The van der Waals surface area contributed by atoms with Crippen LogP contribution in [-0.2, 0) is 0 Å². The molecule has 0 atom stereocenters. The van der Waals surface area contributed by atoms with Gasteiger partial charge in [-0.1, -0.05) is 19.3 Å². The second-order valence-corrected chi connectivity index (χ2v) is 10.5. The van der Waals surface area contributed by atoms with Crippen molar-refractivity contribution >= 4 is 27.2 Å². The molecule has 1 saturated heterocycles. The second-order valence-electron chi connectivity index (χ2n) is 9.46. The van der Waals surface area contributed by atoms with Crippen LogP contribution in [0.2, 0.25) is 0 Å². The number of ketones is 1. The number of phenolic OH excluding ortho intramolecular Hbond substituents is 1. The van der Waals surface area contributed by atoms with E-state index in [0.29, 0.717) is 18.1 Å². The van der Waals surface area contributed by atoms with Gasteiger partial charge in [0, 0.05) is 32.6 Å². The summed E-state index contributed by atoms with van der Waals surface area (Å²) in [6.45, 7) is 4.24. The van der Waals surface area contributed by atoms with Gasteiger partial charge in [0.15, 0.2) is 5.78 Å². The minimum atomic E-state index is 0.0769. The van der Waals surface area contributed by atoms with Crippen LogP contribution in [0.3, 0.4) is 0 Å². The molecule has 2 aliphatic rings. The number of hydrogen-bond donors (Lipinski definition) is 1. The quantitative estimate of drug-likeness (QED) is 0.296. The van der Waals surface area contributed by atoms with Gasteiger partial charge in [0.2, 0.25) is 0 Å². The highest BCUT2D eigenvalue weighted by Crippen LogP contribution is 2.44. The van der Waals surface area contributed by atoms with Crippen molar-refractivity contribution in [2.45, 2.75) is 57.3 Å². The standard InChI is InChI=1S/C28H33NO3S/c30-22-11-14-24-25(19-22)33-28(21-7-2-1-3-8-21)26(24)27(31)20-9-12-23(13-10-20)32-18-6-17-29-15-4-5-16-29/h9-14,19,21,30H,1-8,15-18H2. The zero-order valence-electron chi connectivity index (χ0n) is 19.2. The van der Waals surface area contributed by atoms with Gasteiger partial charge < -0.3 is 14.7 Å². The van der Waals surface area contributed by atoms with Crippen LogP contribution in [-0.4, -0.2) is 42.0 Å². The minimum Gasteiger partial charge on any atom is -0.508 e. The summed E-state index contributed by atoms with van der Waals surface area (Å²) < 4.78 is 6.93. The molecule has 0 radical (unpaired) electrons. The molecular weight excluding hydrogens is 430 g/mol. The van der Waals surface area contributed by atoms with Crippen LogP contribution in [0.1, 0.15) is 78.1 Å². The van der Waals surface area contributed by atoms with Crippen molar-refractivity contribution < 1.29 is 14.6 Å². The summed E-state index contributed by atoms with van der Waals surface area (Å²) in [4.78, 5) is 17.4. The summed E-state index contributed by atoms with van der Waals surface area (Å²) in [5.74, 6) is 1.59. The number of rotatable bonds is 8. The number of nitrogens with zero attached hydrogens (tertiary/aromatic N) is 1. The number of carbonyl (C=O) groups is 1. The Balaban J connectivity index is 1.32. The lowest BCUT2D eigenvalue weighted by molar-refractivity contribution is 0.103. The molecule has 1 aliphatic heterocycles. The maximum Gasteiger partial charge on any atom is 0.194 e. The number of aromatic hydroxyl groups is 1. The van der Waals surface area contributed by atoms with Gasteiger partial charge in [0.25, 0.3) is 0 Å². The Morgan fingerprint density at radius 3 is 2.52 bits per heavy atom. The normalized spacial score (nSPS) is 17.6. The molecule has 2 aromatic carbocycles. The molecule has 5 rings (SSSR count). The number of phenols is 1. The van der Waals surface area contributed by atoms with Gasteiger partial charge in [-0.2, -0.15) is 0 Å². The van der Waals surface area contributed by atoms with Crippen molar-refractivity contribution in [3.8, 4) is 11.5 Å². The van der Waals surface area contributed by atoms with Crippen molar-refractivity contribution in [2.75, 3.05) is 26.2 Å². The Morgan fingerprint density at radius 1 is 1.00 bits per heavy atom. The van der Waals surface area contributed by atoms with Gasteiger partial charge in [0.1, 0.15) is 11.5 Å². The van der Waals surface area contributed by atoms with Crippen molar-refractivity contribution in [2.24, 2.45) is 0 Å². The topological polar surface area (TPSA) is 49.8 Å². The van der Waals surface area contributed by atoms with Crippen LogP contribution in [0.4, 0.5) is 0 Å². The minimum absolute atomic E-state index is 0.0769. The Hall–Kier alpha value is -2.37. The number of hydrogen-bond acceptors (Lipinski definition) is 5. The molecule has 2 fully saturated rings. The van der Waals surface area contributed by atoms with E-state index in [9.17, 15) is 9.90 Å². The van der Waals surface area contributed by atoms with Crippen LogP contribution in [0.5, 0.6) is 11.5 Å². The van der Waals surface area contributed by atoms with E-state index in [4.69, 9.17) is 4.74 Å². The lowest BCUT2D eigenvalue weighted by Crippen LogP contribution is -2.21. The smallest absolute Gasteiger partial charge is 0.194 e.